The van der Waals surface area contributed by atoms with Gasteiger partial charge in [-0.05, 0) is 50.1 Å². The Hall–Kier alpha value is -3.55. The van der Waals surface area contributed by atoms with E-state index in [1.165, 1.54) is 0 Å². The first-order valence-corrected chi connectivity index (χ1v) is 9.48. The molecule has 0 fully saturated rings. The number of amides is 1. The molecule has 1 heterocycles. The van der Waals surface area contributed by atoms with E-state index in [2.05, 4.69) is 15.5 Å². The number of carbonyl (C=O) groups is 1. The molecule has 1 atom stereocenters. The van der Waals surface area contributed by atoms with Crippen LogP contribution in [-0.2, 0) is 11.3 Å². The number of aryl methyl sites for hydroxylation is 2. The van der Waals surface area contributed by atoms with Crippen molar-refractivity contribution >= 4 is 5.91 Å². The molecule has 3 aromatic rings. The molecule has 0 bridgehead atoms. The summed E-state index contributed by atoms with van der Waals surface area (Å²) >= 11 is 0. The third-order valence-electron chi connectivity index (χ3n) is 4.55. The van der Waals surface area contributed by atoms with Crippen molar-refractivity contribution in [2.45, 2.75) is 33.4 Å². The minimum absolute atomic E-state index is 0.0881. The molecule has 0 saturated heterocycles. The van der Waals surface area contributed by atoms with Crippen molar-refractivity contribution in [2.24, 2.45) is 0 Å². The maximum atomic E-state index is 12.4. The molecule has 3 rings (SSSR count). The lowest BCUT2D eigenvalue weighted by atomic mass is 10.1. The first kappa shape index (κ1) is 21.2. The first-order chi connectivity index (χ1) is 14.4. The molecular weight excluding hydrogens is 386 g/mol. The van der Waals surface area contributed by atoms with E-state index in [-0.39, 0.29) is 18.3 Å². The highest BCUT2D eigenvalue weighted by molar-refractivity contribution is 5.80. The van der Waals surface area contributed by atoms with Crippen molar-refractivity contribution in [2.75, 3.05) is 14.2 Å². The highest BCUT2D eigenvalue weighted by atomic mass is 16.5. The zero-order valence-corrected chi connectivity index (χ0v) is 17.7. The van der Waals surface area contributed by atoms with Gasteiger partial charge in [0, 0.05) is 6.07 Å². The second-order valence-corrected chi connectivity index (χ2v) is 6.82. The SMILES string of the molecule is COc1ccc(-c2noc(CNC(=O)C(C)Oc3cc(C)ccc3C)n2)c(OC)c1. The summed E-state index contributed by atoms with van der Waals surface area (Å²) in [4.78, 5) is 16.7. The van der Waals surface area contributed by atoms with Crippen LogP contribution in [0.5, 0.6) is 17.2 Å². The van der Waals surface area contributed by atoms with Crippen LogP contribution in [0.2, 0.25) is 0 Å². The quantitative estimate of drug-likeness (QED) is 0.606. The van der Waals surface area contributed by atoms with Gasteiger partial charge in [0.2, 0.25) is 11.7 Å². The van der Waals surface area contributed by atoms with Gasteiger partial charge < -0.3 is 24.1 Å². The van der Waals surface area contributed by atoms with E-state index >= 15 is 0 Å². The number of nitrogens with zero attached hydrogens (tertiary/aromatic N) is 2. The number of benzene rings is 2. The summed E-state index contributed by atoms with van der Waals surface area (Å²) in [5, 5.41) is 6.73. The third kappa shape index (κ3) is 4.89. The molecule has 30 heavy (non-hydrogen) atoms. The maximum absolute atomic E-state index is 12.4. The second kappa shape index (κ2) is 9.30. The minimum Gasteiger partial charge on any atom is -0.497 e. The fraction of sp³-hybridized carbons (Fsp3) is 0.318. The largest absolute Gasteiger partial charge is 0.497 e. The van der Waals surface area contributed by atoms with Crippen molar-refractivity contribution < 1.29 is 23.5 Å². The Morgan fingerprint density at radius 1 is 1.10 bits per heavy atom. The summed E-state index contributed by atoms with van der Waals surface area (Å²) in [5.41, 5.74) is 2.69. The molecule has 1 N–H and O–H groups in total. The van der Waals surface area contributed by atoms with Gasteiger partial charge in [-0.3, -0.25) is 4.79 Å². The molecule has 158 valence electrons. The number of hydrogen-bond donors (Lipinski definition) is 1. The van der Waals surface area contributed by atoms with Gasteiger partial charge in [-0.2, -0.15) is 4.98 Å². The van der Waals surface area contributed by atoms with Gasteiger partial charge in [0.1, 0.15) is 17.2 Å². The molecule has 0 aliphatic rings. The summed E-state index contributed by atoms with van der Waals surface area (Å²) in [6.07, 6.45) is -0.672. The van der Waals surface area contributed by atoms with E-state index in [1.807, 2.05) is 32.0 Å². The highest BCUT2D eigenvalue weighted by Gasteiger charge is 2.18. The van der Waals surface area contributed by atoms with Crippen molar-refractivity contribution in [1.82, 2.24) is 15.5 Å². The van der Waals surface area contributed by atoms with Gasteiger partial charge in [0.25, 0.3) is 5.91 Å². The first-order valence-electron chi connectivity index (χ1n) is 9.48. The molecule has 0 aliphatic carbocycles. The van der Waals surface area contributed by atoms with Gasteiger partial charge in [0.15, 0.2) is 6.10 Å². The number of nitrogens with one attached hydrogen (secondary N) is 1. The number of aromatic nitrogens is 2. The molecule has 0 radical (unpaired) electrons. The van der Waals surface area contributed by atoms with Crippen molar-refractivity contribution in [1.29, 1.82) is 0 Å². The lowest BCUT2D eigenvalue weighted by Crippen LogP contribution is -2.36. The summed E-state index contributed by atoms with van der Waals surface area (Å²) in [7, 11) is 3.13. The van der Waals surface area contributed by atoms with Gasteiger partial charge in [-0.25, -0.2) is 0 Å². The van der Waals surface area contributed by atoms with Crippen LogP contribution in [0.4, 0.5) is 0 Å². The average Bonchev–Trinajstić information content (AvgIpc) is 3.22. The molecule has 2 aromatic carbocycles. The lowest BCUT2D eigenvalue weighted by molar-refractivity contribution is -0.127. The topological polar surface area (TPSA) is 95.7 Å². The number of methoxy groups -OCH3 is 2. The number of carbonyl (C=O) groups excluding carboxylic acids is 1. The Morgan fingerprint density at radius 2 is 1.90 bits per heavy atom. The zero-order valence-electron chi connectivity index (χ0n) is 17.7. The van der Waals surface area contributed by atoms with E-state index in [1.54, 1.807) is 39.3 Å². The maximum Gasteiger partial charge on any atom is 0.261 e. The van der Waals surface area contributed by atoms with Crippen LogP contribution in [0, 0.1) is 13.8 Å². The highest BCUT2D eigenvalue weighted by Crippen LogP contribution is 2.31. The van der Waals surface area contributed by atoms with E-state index in [9.17, 15) is 4.79 Å². The molecular formula is C22H25N3O5. The van der Waals surface area contributed by atoms with Gasteiger partial charge in [-0.15, -0.1) is 0 Å². The number of hydrogen-bond acceptors (Lipinski definition) is 7. The van der Waals surface area contributed by atoms with Crippen LogP contribution in [0.3, 0.4) is 0 Å². The summed E-state index contributed by atoms with van der Waals surface area (Å²) in [5.74, 6) is 2.25. The van der Waals surface area contributed by atoms with Crippen LogP contribution in [-0.4, -0.2) is 36.4 Å². The van der Waals surface area contributed by atoms with Gasteiger partial charge in [-0.1, -0.05) is 17.3 Å². The smallest absolute Gasteiger partial charge is 0.261 e. The summed E-state index contributed by atoms with van der Waals surface area (Å²) in [6.45, 7) is 5.69. The van der Waals surface area contributed by atoms with Crippen molar-refractivity contribution in [3.8, 4) is 28.6 Å². The van der Waals surface area contributed by atoms with Gasteiger partial charge >= 0.3 is 0 Å². The van der Waals surface area contributed by atoms with E-state index in [4.69, 9.17) is 18.7 Å². The van der Waals surface area contributed by atoms with Gasteiger partial charge in [0.05, 0.1) is 26.3 Å². The predicted octanol–water partition coefficient (Wildman–Crippen LogP) is 3.45. The second-order valence-electron chi connectivity index (χ2n) is 6.82. The summed E-state index contributed by atoms with van der Waals surface area (Å²) < 4.78 is 21.6. The van der Waals surface area contributed by atoms with Crippen LogP contribution >= 0.6 is 0 Å². The number of rotatable bonds is 8. The third-order valence-corrected chi connectivity index (χ3v) is 4.55. The Bertz CT molecular complexity index is 1030. The fourth-order valence-electron chi connectivity index (χ4n) is 2.80. The Morgan fingerprint density at radius 3 is 2.63 bits per heavy atom. The Balaban J connectivity index is 1.62. The summed E-state index contributed by atoms with van der Waals surface area (Å²) in [6, 6.07) is 11.2. The van der Waals surface area contributed by atoms with Crippen LogP contribution in [0.15, 0.2) is 40.9 Å². The normalized spacial score (nSPS) is 11.6. The average molecular weight is 411 g/mol. The van der Waals surface area contributed by atoms with Crippen LogP contribution in [0.1, 0.15) is 23.9 Å². The monoisotopic (exact) mass is 411 g/mol. The molecule has 1 aromatic heterocycles. The van der Waals surface area contributed by atoms with Crippen LogP contribution < -0.4 is 19.5 Å². The molecule has 0 aliphatic heterocycles. The Kier molecular flexibility index (Phi) is 6.56. The molecule has 0 spiro atoms. The number of ether oxygens (including phenoxy) is 3. The van der Waals surface area contributed by atoms with Crippen molar-refractivity contribution in [3.05, 3.63) is 53.4 Å². The van der Waals surface area contributed by atoms with E-state index in [0.29, 0.717) is 28.6 Å². The molecule has 8 nitrogen and oxygen atoms in total. The van der Waals surface area contributed by atoms with Crippen LogP contribution in [0.25, 0.3) is 11.4 Å². The zero-order chi connectivity index (χ0) is 21.7. The lowest BCUT2D eigenvalue weighted by Gasteiger charge is -2.16. The molecule has 8 heteroatoms. The van der Waals surface area contributed by atoms with Crippen molar-refractivity contribution in [3.63, 3.8) is 0 Å². The van der Waals surface area contributed by atoms with E-state index in [0.717, 1.165) is 11.1 Å². The molecule has 1 unspecified atom stereocenters. The Labute approximate surface area is 175 Å². The standard InChI is InChI=1S/C22H25N3O5/c1-13-6-7-14(2)18(10-13)29-15(3)22(26)23-12-20-24-21(25-30-20)17-9-8-16(27-4)11-19(17)28-5/h6-11,15H,12H2,1-5H3,(H,23,26). The van der Waals surface area contributed by atoms with E-state index < -0.39 is 6.10 Å². The fourth-order valence-corrected chi connectivity index (χ4v) is 2.80. The predicted molar refractivity (Wildman–Crippen MR) is 111 cm³/mol. The molecule has 0 saturated carbocycles. The minimum atomic E-state index is -0.672. The molecule has 1 amide bonds.